The van der Waals surface area contributed by atoms with E-state index in [1.54, 1.807) is 20.2 Å². The van der Waals surface area contributed by atoms with E-state index in [1.165, 1.54) is 16.1 Å². The lowest BCUT2D eigenvalue weighted by atomic mass is 10.2. The van der Waals surface area contributed by atoms with Crippen molar-refractivity contribution in [3.8, 4) is 5.75 Å². The van der Waals surface area contributed by atoms with Crippen LogP contribution in [0.2, 0.25) is 5.02 Å². The van der Waals surface area contributed by atoms with E-state index >= 15 is 0 Å². The minimum absolute atomic E-state index is 0.120. The van der Waals surface area contributed by atoms with Gasteiger partial charge in [-0.2, -0.15) is 0 Å². The molecule has 0 radical (unpaired) electrons. The second-order valence-corrected chi connectivity index (χ2v) is 10.5. The summed E-state index contributed by atoms with van der Waals surface area (Å²) in [4.78, 5) is 0. The molecule has 0 unspecified atom stereocenters. The van der Waals surface area contributed by atoms with E-state index in [4.69, 9.17) is 16.3 Å². The lowest BCUT2D eigenvalue weighted by molar-refractivity contribution is 0.278. The summed E-state index contributed by atoms with van der Waals surface area (Å²) in [5.41, 5.74) is 0. The number of rotatable bonds is 12. The Kier molecular flexibility index (Phi) is 9.26. The molecule has 7 nitrogen and oxygen atoms in total. The smallest absolute Gasteiger partial charge is 0.213 e. The van der Waals surface area contributed by atoms with E-state index in [9.17, 15) is 8.42 Å². The molecule has 1 aromatic carbocycles. The SMILES string of the molecule is CCC(CC)n1c(COc2ccccc2Cl)nnc1SCCCS(=O)(=O)N(C)C. The lowest BCUT2D eigenvalue weighted by Crippen LogP contribution is -2.25. The summed E-state index contributed by atoms with van der Waals surface area (Å²) in [5.74, 6) is 2.11. The van der Waals surface area contributed by atoms with Crippen LogP contribution in [0.1, 0.15) is 45.0 Å². The number of aromatic nitrogens is 3. The Hall–Kier alpha value is -1.29. The van der Waals surface area contributed by atoms with Gasteiger partial charge >= 0.3 is 0 Å². The zero-order chi connectivity index (χ0) is 21.4. The van der Waals surface area contributed by atoms with Crippen molar-refractivity contribution in [2.24, 2.45) is 0 Å². The van der Waals surface area contributed by atoms with Gasteiger partial charge in [0.05, 0.1) is 10.8 Å². The minimum Gasteiger partial charge on any atom is -0.484 e. The second kappa shape index (κ2) is 11.2. The van der Waals surface area contributed by atoms with Crippen molar-refractivity contribution in [3.63, 3.8) is 0 Å². The van der Waals surface area contributed by atoms with Gasteiger partial charge in [-0.3, -0.25) is 0 Å². The third-order valence-corrected chi connectivity index (χ3v) is 7.83. The van der Waals surface area contributed by atoms with Gasteiger partial charge in [-0.05, 0) is 31.4 Å². The number of halogens is 1. The minimum atomic E-state index is -3.18. The third kappa shape index (κ3) is 6.60. The largest absolute Gasteiger partial charge is 0.484 e. The Morgan fingerprint density at radius 1 is 1.21 bits per heavy atom. The van der Waals surface area contributed by atoms with E-state index in [-0.39, 0.29) is 18.4 Å². The number of para-hydroxylation sites is 1. The summed E-state index contributed by atoms with van der Waals surface area (Å²) >= 11 is 7.70. The van der Waals surface area contributed by atoms with Crippen LogP contribution in [0.25, 0.3) is 0 Å². The molecular formula is C19H29ClN4O3S2. The van der Waals surface area contributed by atoms with E-state index < -0.39 is 10.0 Å². The molecule has 0 atom stereocenters. The molecule has 10 heteroatoms. The van der Waals surface area contributed by atoms with Crippen LogP contribution in [-0.2, 0) is 16.6 Å². The van der Waals surface area contributed by atoms with Gasteiger partial charge in [-0.15, -0.1) is 10.2 Å². The van der Waals surface area contributed by atoms with Crippen LogP contribution < -0.4 is 4.74 Å². The number of hydrogen-bond acceptors (Lipinski definition) is 6. The van der Waals surface area contributed by atoms with E-state index in [0.717, 1.165) is 23.8 Å². The maximum absolute atomic E-state index is 11.9. The van der Waals surface area contributed by atoms with Gasteiger partial charge in [0, 0.05) is 25.9 Å². The Morgan fingerprint density at radius 2 is 1.90 bits per heavy atom. The molecule has 0 aliphatic rings. The van der Waals surface area contributed by atoms with Crippen molar-refractivity contribution in [1.29, 1.82) is 0 Å². The highest BCUT2D eigenvalue weighted by molar-refractivity contribution is 7.99. The van der Waals surface area contributed by atoms with Crippen molar-refractivity contribution in [3.05, 3.63) is 35.1 Å². The highest BCUT2D eigenvalue weighted by Crippen LogP contribution is 2.28. The molecule has 0 amide bonds. The van der Waals surface area contributed by atoms with E-state index in [0.29, 0.717) is 22.9 Å². The van der Waals surface area contributed by atoms with E-state index in [1.807, 2.05) is 18.2 Å². The average molecular weight is 461 g/mol. The predicted octanol–water partition coefficient (Wildman–Crippen LogP) is 4.25. The number of ether oxygens (including phenoxy) is 1. The molecule has 0 N–H and O–H groups in total. The van der Waals surface area contributed by atoms with Crippen LogP contribution in [0.3, 0.4) is 0 Å². The summed E-state index contributed by atoms with van der Waals surface area (Å²) in [6, 6.07) is 7.58. The van der Waals surface area contributed by atoms with Crippen molar-refractivity contribution in [1.82, 2.24) is 19.1 Å². The zero-order valence-electron chi connectivity index (χ0n) is 17.3. The van der Waals surface area contributed by atoms with Crippen LogP contribution in [0.5, 0.6) is 5.75 Å². The molecule has 29 heavy (non-hydrogen) atoms. The third-order valence-electron chi connectivity index (χ3n) is 4.57. The Bertz CT molecular complexity index is 883. The maximum atomic E-state index is 11.9. The van der Waals surface area contributed by atoms with Gasteiger partial charge < -0.3 is 9.30 Å². The molecule has 0 spiro atoms. The van der Waals surface area contributed by atoms with E-state index in [2.05, 4.69) is 28.6 Å². The number of thioether (sulfide) groups is 1. The molecule has 0 fully saturated rings. The summed E-state index contributed by atoms with van der Waals surface area (Å²) in [7, 11) is -0.0758. The molecule has 2 aromatic rings. The molecule has 2 rings (SSSR count). The fraction of sp³-hybridized carbons (Fsp3) is 0.579. The molecular weight excluding hydrogens is 432 g/mol. The molecule has 0 bridgehead atoms. The fourth-order valence-corrected chi connectivity index (χ4v) is 5.03. The highest BCUT2D eigenvalue weighted by atomic mass is 35.5. The topological polar surface area (TPSA) is 77.3 Å². The summed E-state index contributed by atoms with van der Waals surface area (Å²) in [6.45, 7) is 4.53. The van der Waals surface area contributed by atoms with Gasteiger partial charge in [-0.1, -0.05) is 49.3 Å². The molecule has 1 aromatic heterocycles. The summed E-state index contributed by atoms with van der Waals surface area (Å²) < 4.78 is 33.1. The lowest BCUT2D eigenvalue weighted by Gasteiger charge is -2.19. The first kappa shape index (κ1) is 24.0. The van der Waals surface area contributed by atoms with Crippen molar-refractivity contribution < 1.29 is 13.2 Å². The Morgan fingerprint density at radius 3 is 2.52 bits per heavy atom. The molecule has 162 valence electrons. The first-order valence-corrected chi connectivity index (χ1v) is 12.6. The number of benzene rings is 1. The summed E-state index contributed by atoms with van der Waals surface area (Å²) in [5, 5.41) is 10.0. The summed E-state index contributed by atoms with van der Waals surface area (Å²) in [6.07, 6.45) is 2.43. The fourth-order valence-electron chi connectivity index (χ4n) is 2.82. The van der Waals surface area contributed by atoms with Gasteiger partial charge in [0.1, 0.15) is 12.4 Å². The van der Waals surface area contributed by atoms with Gasteiger partial charge in [-0.25, -0.2) is 12.7 Å². The monoisotopic (exact) mass is 460 g/mol. The quantitative estimate of drug-likeness (QED) is 0.348. The standard InChI is InChI=1S/C19H29ClN4O3S2/c1-5-15(6-2)24-18(14-27-17-11-8-7-10-16(17)20)21-22-19(24)28-12-9-13-29(25,26)23(3)4/h7-8,10-11,15H,5-6,9,12-14H2,1-4H3. The van der Waals surface area contributed by atoms with Crippen LogP contribution in [0.15, 0.2) is 29.4 Å². The molecule has 1 heterocycles. The van der Waals surface area contributed by atoms with Gasteiger partial charge in [0.2, 0.25) is 10.0 Å². The molecule has 0 aliphatic heterocycles. The molecule has 0 saturated carbocycles. The van der Waals surface area contributed by atoms with Crippen molar-refractivity contribution in [2.45, 2.75) is 50.9 Å². The normalized spacial score (nSPS) is 12.1. The first-order valence-electron chi connectivity index (χ1n) is 9.64. The van der Waals surface area contributed by atoms with Crippen LogP contribution in [0, 0.1) is 0 Å². The van der Waals surface area contributed by atoms with Crippen molar-refractivity contribution in [2.75, 3.05) is 25.6 Å². The van der Waals surface area contributed by atoms with Crippen molar-refractivity contribution >= 4 is 33.4 Å². The maximum Gasteiger partial charge on any atom is 0.213 e. The van der Waals surface area contributed by atoms with Gasteiger partial charge in [0.25, 0.3) is 0 Å². The average Bonchev–Trinajstić information content (AvgIpc) is 3.08. The highest BCUT2D eigenvalue weighted by Gasteiger charge is 2.20. The zero-order valence-corrected chi connectivity index (χ0v) is 19.7. The Labute approximate surface area is 182 Å². The Balaban J connectivity index is 2.09. The predicted molar refractivity (Wildman–Crippen MR) is 118 cm³/mol. The first-order chi connectivity index (χ1) is 13.8. The van der Waals surface area contributed by atoms with Crippen LogP contribution >= 0.6 is 23.4 Å². The van der Waals surface area contributed by atoms with Gasteiger partial charge in [0.15, 0.2) is 11.0 Å². The molecule has 0 aliphatic carbocycles. The van der Waals surface area contributed by atoms with Crippen LogP contribution in [-0.4, -0.2) is 53.1 Å². The second-order valence-electron chi connectivity index (χ2n) is 6.76. The number of sulfonamides is 1. The number of hydrogen-bond donors (Lipinski definition) is 0. The van der Waals surface area contributed by atoms with Crippen LogP contribution in [0.4, 0.5) is 0 Å². The number of nitrogens with zero attached hydrogens (tertiary/aromatic N) is 4. The molecule has 0 saturated heterocycles.